The highest BCUT2D eigenvalue weighted by Gasteiger charge is 2.22. The van der Waals surface area contributed by atoms with Crippen molar-refractivity contribution in [1.29, 1.82) is 0 Å². The van der Waals surface area contributed by atoms with Crippen LogP contribution in [0.25, 0.3) is 0 Å². The molecule has 0 heterocycles. The average molecular weight is 294 g/mol. The first-order chi connectivity index (χ1) is 7.95. The molecule has 0 aliphatic carbocycles. The largest absolute Gasteiger partial charge is 0.395 e. The zero-order valence-corrected chi connectivity index (χ0v) is 12.2. The summed E-state index contributed by atoms with van der Waals surface area (Å²) >= 11 is 13.5. The number of benzene rings is 1. The van der Waals surface area contributed by atoms with Crippen LogP contribution in [0, 0.1) is 5.92 Å². The zero-order valence-electron chi connectivity index (χ0n) is 9.86. The van der Waals surface area contributed by atoms with Gasteiger partial charge in [-0.05, 0) is 24.1 Å². The van der Waals surface area contributed by atoms with Crippen LogP contribution in [0.15, 0.2) is 23.1 Å². The van der Waals surface area contributed by atoms with Crippen molar-refractivity contribution in [2.24, 2.45) is 11.7 Å². The second-order valence-electron chi connectivity index (χ2n) is 4.23. The summed E-state index contributed by atoms with van der Waals surface area (Å²) in [7, 11) is 0. The SMILES string of the molecule is CC(C)C(N)C(CO)Sc1cc(Cl)ccc1Cl. The molecule has 0 radical (unpaired) electrons. The van der Waals surface area contributed by atoms with E-state index in [9.17, 15) is 5.11 Å². The predicted octanol–water partition coefficient (Wildman–Crippen LogP) is 3.43. The fraction of sp³-hybridized carbons (Fsp3) is 0.500. The smallest absolute Gasteiger partial charge is 0.0568 e. The van der Waals surface area contributed by atoms with E-state index in [1.807, 2.05) is 13.8 Å². The van der Waals surface area contributed by atoms with Crippen LogP contribution in [0.4, 0.5) is 0 Å². The molecule has 0 spiro atoms. The van der Waals surface area contributed by atoms with E-state index in [-0.39, 0.29) is 17.9 Å². The maximum atomic E-state index is 9.39. The minimum Gasteiger partial charge on any atom is -0.395 e. The third-order valence-corrected chi connectivity index (χ3v) is 4.59. The second kappa shape index (κ2) is 6.86. The van der Waals surface area contributed by atoms with E-state index >= 15 is 0 Å². The first kappa shape index (κ1) is 15.1. The standard InChI is InChI=1S/C12H17Cl2NOS/c1-7(2)12(15)11(6-16)17-10-5-8(13)3-4-9(10)14/h3-5,7,11-12,16H,6,15H2,1-2H3. The monoisotopic (exact) mass is 293 g/mol. The van der Waals surface area contributed by atoms with Crippen molar-refractivity contribution in [1.82, 2.24) is 0 Å². The molecule has 0 bridgehead atoms. The van der Waals surface area contributed by atoms with E-state index in [1.54, 1.807) is 18.2 Å². The Kier molecular flexibility index (Phi) is 6.10. The Balaban J connectivity index is 2.83. The number of nitrogens with two attached hydrogens (primary N) is 1. The van der Waals surface area contributed by atoms with E-state index in [1.165, 1.54) is 11.8 Å². The highest BCUT2D eigenvalue weighted by Crippen LogP contribution is 2.34. The molecule has 0 aliphatic rings. The Bertz CT molecular complexity index is 374. The number of thioether (sulfide) groups is 1. The summed E-state index contributed by atoms with van der Waals surface area (Å²) in [6, 6.07) is 5.20. The van der Waals surface area contributed by atoms with Gasteiger partial charge in [-0.15, -0.1) is 11.8 Å². The molecule has 96 valence electrons. The molecule has 1 rings (SSSR count). The molecule has 0 aromatic heterocycles. The van der Waals surface area contributed by atoms with E-state index in [0.29, 0.717) is 16.0 Å². The van der Waals surface area contributed by atoms with Crippen LogP contribution in [-0.4, -0.2) is 23.0 Å². The summed E-state index contributed by atoms with van der Waals surface area (Å²) in [5.41, 5.74) is 6.05. The van der Waals surface area contributed by atoms with Gasteiger partial charge in [0.05, 0.1) is 11.6 Å². The van der Waals surface area contributed by atoms with Gasteiger partial charge in [-0.25, -0.2) is 0 Å². The Morgan fingerprint density at radius 2 is 2.00 bits per heavy atom. The molecule has 0 amide bonds. The van der Waals surface area contributed by atoms with Crippen LogP contribution in [0.5, 0.6) is 0 Å². The maximum Gasteiger partial charge on any atom is 0.0568 e. The number of hydrogen-bond donors (Lipinski definition) is 2. The van der Waals surface area contributed by atoms with Crippen LogP contribution in [-0.2, 0) is 0 Å². The molecule has 3 N–H and O–H groups in total. The van der Waals surface area contributed by atoms with Gasteiger partial charge < -0.3 is 10.8 Å². The molecular formula is C12H17Cl2NOS. The molecule has 0 saturated carbocycles. The lowest BCUT2D eigenvalue weighted by Gasteiger charge is -2.25. The molecule has 1 aromatic carbocycles. The molecule has 2 nitrogen and oxygen atoms in total. The Morgan fingerprint density at radius 1 is 1.35 bits per heavy atom. The van der Waals surface area contributed by atoms with Gasteiger partial charge in [0.1, 0.15) is 0 Å². The summed E-state index contributed by atoms with van der Waals surface area (Å²) < 4.78 is 0. The van der Waals surface area contributed by atoms with Crippen molar-refractivity contribution >= 4 is 35.0 Å². The number of hydrogen-bond acceptors (Lipinski definition) is 3. The molecule has 0 aliphatic heterocycles. The van der Waals surface area contributed by atoms with Crippen molar-refractivity contribution in [2.45, 2.75) is 30.0 Å². The Labute approximate surface area is 116 Å². The minimum atomic E-state index is -0.0833. The van der Waals surface area contributed by atoms with Crippen molar-refractivity contribution in [2.75, 3.05) is 6.61 Å². The second-order valence-corrected chi connectivity index (χ2v) is 6.36. The first-order valence-electron chi connectivity index (χ1n) is 5.44. The molecule has 0 saturated heterocycles. The molecule has 5 heteroatoms. The van der Waals surface area contributed by atoms with E-state index in [4.69, 9.17) is 28.9 Å². The predicted molar refractivity (Wildman–Crippen MR) is 76.0 cm³/mol. The average Bonchev–Trinajstić information content (AvgIpc) is 2.29. The van der Waals surface area contributed by atoms with Crippen LogP contribution in [0.3, 0.4) is 0 Å². The molecule has 2 atom stereocenters. The molecule has 2 unspecified atom stereocenters. The normalized spacial score (nSPS) is 15.0. The van der Waals surface area contributed by atoms with Crippen LogP contribution >= 0.6 is 35.0 Å². The van der Waals surface area contributed by atoms with Gasteiger partial charge in [-0.3, -0.25) is 0 Å². The number of aliphatic hydroxyl groups is 1. The van der Waals surface area contributed by atoms with Gasteiger partial charge in [-0.2, -0.15) is 0 Å². The minimum absolute atomic E-state index is 0.0207. The van der Waals surface area contributed by atoms with Gasteiger partial charge >= 0.3 is 0 Å². The lowest BCUT2D eigenvalue weighted by molar-refractivity contribution is 0.269. The van der Waals surface area contributed by atoms with Crippen LogP contribution in [0.1, 0.15) is 13.8 Å². The number of aliphatic hydroxyl groups excluding tert-OH is 1. The number of rotatable bonds is 5. The summed E-state index contributed by atoms with van der Waals surface area (Å²) in [6.45, 7) is 4.09. The number of halogens is 2. The highest BCUT2D eigenvalue weighted by molar-refractivity contribution is 8.00. The quantitative estimate of drug-likeness (QED) is 0.818. The topological polar surface area (TPSA) is 46.2 Å². The third-order valence-electron chi connectivity index (χ3n) is 2.55. The lowest BCUT2D eigenvalue weighted by Crippen LogP contribution is -2.39. The Morgan fingerprint density at radius 3 is 2.53 bits per heavy atom. The van der Waals surface area contributed by atoms with E-state index < -0.39 is 0 Å². The summed E-state index contributed by atoms with van der Waals surface area (Å²) in [5.74, 6) is 0.303. The van der Waals surface area contributed by atoms with E-state index in [2.05, 4.69) is 0 Å². The first-order valence-corrected chi connectivity index (χ1v) is 7.07. The van der Waals surface area contributed by atoms with Crippen LogP contribution in [0.2, 0.25) is 10.0 Å². The Hall–Kier alpha value is 0.0700. The fourth-order valence-corrected chi connectivity index (χ4v) is 3.13. The molecule has 1 aromatic rings. The van der Waals surface area contributed by atoms with Crippen molar-refractivity contribution in [3.63, 3.8) is 0 Å². The van der Waals surface area contributed by atoms with E-state index in [0.717, 1.165) is 4.90 Å². The summed E-state index contributed by atoms with van der Waals surface area (Å²) in [6.07, 6.45) is 0. The fourth-order valence-electron chi connectivity index (χ4n) is 1.40. The third kappa shape index (κ3) is 4.34. The lowest BCUT2D eigenvalue weighted by atomic mass is 10.0. The summed E-state index contributed by atoms with van der Waals surface area (Å²) in [5, 5.41) is 10.6. The molecular weight excluding hydrogens is 277 g/mol. The van der Waals surface area contributed by atoms with Gasteiger partial charge in [0.15, 0.2) is 0 Å². The van der Waals surface area contributed by atoms with Gasteiger partial charge in [-0.1, -0.05) is 37.0 Å². The highest BCUT2D eigenvalue weighted by atomic mass is 35.5. The molecule has 17 heavy (non-hydrogen) atoms. The van der Waals surface area contributed by atoms with Crippen molar-refractivity contribution in [3.05, 3.63) is 28.2 Å². The summed E-state index contributed by atoms with van der Waals surface area (Å²) in [4.78, 5) is 0.856. The zero-order chi connectivity index (χ0) is 13.0. The maximum absolute atomic E-state index is 9.39. The van der Waals surface area contributed by atoms with Crippen molar-refractivity contribution in [3.8, 4) is 0 Å². The molecule has 0 fully saturated rings. The van der Waals surface area contributed by atoms with Crippen LogP contribution < -0.4 is 5.73 Å². The van der Waals surface area contributed by atoms with Crippen molar-refractivity contribution < 1.29 is 5.11 Å². The van der Waals surface area contributed by atoms with Gasteiger partial charge in [0.25, 0.3) is 0 Å². The van der Waals surface area contributed by atoms with Gasteiger partial charge in [0.2, 0.25) is 0 Å². The van der Waals surface area contributed by atoms with Gasteiger partial charge in [0, 0.05) is 21.2 Å².